The Morgan fingerprint density at radius 3 is 2.31 bits per heavy atom. The number of thiocarbonyl (C=S) groups is 1. The highest BCUT2D eigenvalue weighted by Gasteiger charge is 2.42. The number of rotatable bonds is 5. The molecule has 2 heterocycles. The van der Waals surface area contributed by atoms with E-state index in [1.807, 2.05) is 42.5 Å². The van der Waals surface area contributed by atoms with Crippen molar-refractivity contribution < 1.29 is 32.5 Å². The number of anilines is 1. The molecule has 2 amide bonds. The summed E-state index contributed by atoms with van der Waals surface area (Å²) in [5.74, 6) is -2.35. The summed E-state index contributed by atoms with van der Waals surface area (Å²) >= 11 is 9.62. The van der Waals surface area contributed by atoms with Crippen LogP contribution >= 0.6 is 39.9 Å². The summed E-state index contributed by atoms with van der Waals surface area (Å²) in [4.78, 5) is 38.3. The Labute approximate surface area is 219 Å². The fraction of sp³-hybridized carbons (Fsp3) is 0.182. The predicted molar refractivity (Wildman–Crippen MR) is 140 cm³/mol. The predicted octanol–water partition coefficient (Wildman–Crippen LogP) is 3.55. The van der Waals surface area contributed by atoms with Gasteiger partial charge in [-0.15, -0.1) is 0 Å². The second kappa shape index (κ2) is 11.0. The van der Waals surface area contributed by atoms with Crippen molar-refractivity contribution in [2.24, 2.45) is 0 Å². The molecule has 184 valence electrons. The van der Waals surface area contributed by atoms with E-state index >= 15 is 0 Å². The molecule has 1 saturated heterocycles. The third-order valence-electron chi connectivity index (χ3n) is 4.81. The maximum absolute atomic E-state index is 13.4. The largest absolute Gasteiger partial charge is 0.481 e. The van der Waals surface area contributed by atoms with Crippen molar-refractivity contribution in [2.45, 2.75) is 13.5 Å². The third-order valence-corrected chi connectivity index (χ3v) is 7.45. The quantitative estimate of drug-likeness (QED) is 0.301. The van der Waals surface area contributed by atoms with Gasteiger partial charge in [-0.25, -0.2) is 0 Å². The van der Waals surface area contributed by atoms with Gasteiger partial charge in [-0.1, -0.05) is 70.2 Å². The van der Waals surface area contributed by atoms with E-state index in [1.165, 1.54) is 0 Å². The lowest BCUT2D eigenvalue weighted by molar-refractivity contribution is -0.134. The molecule has 0 radical (unpaired) electrons. The highest BCUT2D eigenvalue weighted by atomic mass is 79.9. The number of halogens is 1. The number of aliphatic carboxylic acids is 1. The van der Waals surface area contributed by atoms with Crippen molar-refractivity contribution >= 4 is 83.4 Å². The molecule has 2 aliphatic rings. The van der Waals surface area contributed by atoms with Crippen LogP contribution in [0.1, 0.15) is 18.1 Å². The van der Waals surface area contributed by atoms with Gasteiger partial charge in [0.05, 0.1) is 28.5 Å². The van der Waals surface area contributed by atoms with Crippen LogP contribution in [-0.4, -0.2) is 57.4 Å². The number of amides is 2. The normalized spacial score (nSPS) is 17.4. The van der Waals surface area contributed by atoms with Crippen LogP contribution in [-0.2, 0) is 31.0 Å². The van der Waals surface area contributed by atoms with Gasteiger partial charge in [0, 0.05) is 23.5 Å². The first-order valence-electron chi connectivity index (χ1n) is 9.97. The van der Waals surface area contributed by atoms with Gasteiger partial charge >= 0.3 is 0 Å². The van der Waals surface area contributed by atoms with Gasteiger partial charge in [0.15, 0.2) is 0 Å². The number of fused-ring (bicyclic) bond motifs is 1. The maximum Gasteiger partial charge on any atom is 0.300 e. The standard InChI is InChI=1S/C20H15BrN2O5S3.C2H4O2/c21-13-6-7-15-14(10-13)16(18(24)23(15)11-12-4-2-1-3-5-12)17-19(25)22(20(29)30-17)8-9-31(26,27)28;1-2(3)4/h1-7,10H,8-9,11H2,(H,26,27,28);1H3,(H,3,4)/b17-16-;. The number of hydrogen-bond acceptors (Lipinski definition) is 7. The monoisotopic (exact) mass is 598 g/mol. The maximum atomic E-state index is 13.4. The first kappa shape index (κ1) is 27.0. The number of thioether (sulfide) groups is 1. The molecule has 0 bridgehead atoms. The molecule has 0 aliphatic carbocycles. The number of carboxylic acids is 1. The molecule has 0 saturated carbocycles. The molecule has 2 aromatic carbocycles. The molecule has 4 rings (SSSR count). The SMILES string of the molecule is CC(=O)O.O=C1/C(=C2/C(=O)N(Cc3ccccc3)c3ccc(Br)cc32)SC(=S)N1CCS(=O)(=O)O. The summed E-state index contributed by atoms with van der Waals surface area (Å²) in [6.45, 7) is 1.13. The average Bonchev–Trinajstić information content (AvgIpc) is 3.18. The third kappa shape index (κ3) is 6.55. The van der Waals surface area contributed by atoms with Gasteiger partial charge in [-0.05, 0) is 23.8 Å². The zero-order valence-electron chi connectivity index (χ0n) is 18.2. The zero-order chi connectivity index (χ0) is 25.9. The Kier molecular flexibility index (Phi) is 8.49. The molecule has 1 fully saturated rings. The van der Waals surface area contributed by atoms with Crippen LogP contribution in [0.15, 0.2) is 57.9 Å². The Bertz CT molecular complexity index is 1340. The summed E-state index contributed by atoms with van der Waals surface area (Å²) in [6.07, 6.45) is 0. The van der Waals surface area contributed by atoms with Crippen LogP contribution in [0.2, 0.25) is 0 Å². The van der Waals surface area contributed by atoms with Gasteiger partial charge in [0.2, 0.25) is 0 Å². The minimum atomic E-state index is -4.26. The lowest BCUT2D eigenvalue weighted by Gasteiger charge is -2.17. The van der Waals surface area contributed by atoms with Crippen LogP contribution in [0.3, 0.4) is 0 Å². The summed E-state index contributed by atoms with van der Waals surface area (Å²) in [7, 11) is -4.26. The van der Waals surface area contributed by atoms with Crippen LogP contribution in [0, 0.1) is 0 Å². The number of hydrogen-bond donors (Lipinski definition) is 2. The van der Waals surface area contributed by atoms with E-state index in [1.54, 1.807) is 11.0 Å². The van der Waals surface area contributed by atoms with E-state index in [0.717, 1.165) is 33.6 Å². The fourth-order valence-corrected chi connectivity index (χ4v) is 5.55. The van der Waals surface area contributed by atoms with Crippen molar-refractivity contribution in [3.05, 3.63) is 69.0 Å². The van der Waals surface area contributed by atoms with Crippen LogP contribution in [0.25, 0.3) is 5.57 Å². The molecule has 0 spiro atoms. The van der Waals surface area contributed by atoms with E-state index in [-0.39, 0.29) is 27.3 Å². The Morgan fingerprint density at radius 2 is 1.71 bits per heavy atom. The molecule has 2 aromatic rings. The number of carbonyl (C=O) groups is 3. The van der Waals surface area contributed by atoms with E-state index in [0.29, 0.717) is 17.8 Å². The van der Waals surface area contributed by atoms with E-state index < -0.39 is 27.7 Å². The minimum Gasteiger partial charge on any atom is -0.481 e. The number of carbonyl (C=O) groups excluding carboxylic acids is 2. The fourth-order valence-electron chi connectivity index (χ4n) is 3.39. The van der Waals surface area contributed by atoms with Crippen molar-refractivity contribution in [3.63, 3.8) is 0 Å². The van der Waals surface area contributed by atoms with Gasteiger partial charge in [-0.2, -0.15) is 8.42 Å². The molecular weight excluding hydrogens is 580 g/mol. The molecule has 0 unspecified atom stereocenters. The molecule has 13 heteroatoms. The zero-order valence-corrected chi connectivity index (χ0v) is 22.2. The van der Waals surface area contributed by atoms with Crippen LogP contribution < -0.4 is 4.90 Å². The Balaban J connectivity index is 0.000000795. The molecule has 2 N–H and O–H groups in total. The topological polar surface area (TPSA) is 132 Å². The van der Waals surface area contributed by atoms with Gasteiger partial charge < -0.3 is 10.0 Å². The Hall–Kier alpha value is -2.58. The minimum absolute atomic E-state index is 0.141. The summed E-state index contributed by atoms with van der Waals surface area (Å²) < 4.78 is 32.1. The first-order chi connectivity index (χ1) is 16.4. The number of carboxylic acid groups (broad SMARTS) is 1. The summed E-state index contributed by atoms with van der Waals surface area (Å²) in [5.41, 5.74) is 2.45. The summed E-state index contributed by atoms with van der Waals surface area (Å²) in [5, 5.41) is 7.42. The first-order valence-corrected chi connectivity index (χ1v) is 13.6. The Morgan fingerprint density at radius 1 is 1.09 bits per heavy atom. The van der Waals surface area contributed by atoms with E-state index in [2.05, 4.69) is 15.9 Å². The molecule has 0 atom stereocenters. The lowest BCUT2D eigenvalue weighted by atomic mass is 10.1. The second-order valence-electron chi connectivity index (χ2n) is 7.37. The highest BCUT2D eigenvalue weighted by Crippen LogP contribution is 2.45. The van der Waals surface area contributed by atoms with Crippen LogP contribution in [0.4, 0.5) is 5.69 Å². The van der Waals surface area contributed by atoms with Gasteiger partial charge in [0.1, 0.15) is 4.32 Å². The van der Waals surface area contributed by atoms with Crippen molar-refractivity contribution in [1.82, 2.24) is 4.90 Å². The molecular formula is C22H19BrN2O7S3. The number of benzene rings is 2. The van der Waals surface area contributed by atoms with Gasteiger partial charge in [0.25, 0.3) is 27.9 Å². The molecule has 9 nitrogen and oxygen atoms in total. The van der Waals surface area contributed by atoms with Crippen molar-refractivity contribution in [1.29, 1.82) is 0 Å². The second-order valence-corrected chi connectivity index (χ2v) is 11.5. The van der Waals surface area contributed by atoms with Crippen molar-refractivity contribution in [3.8, 4) is 0 Å². The summed E-state index contributed by atoms with van der Waals surface area (Å²) in [6, 6.07) is 14.9. The van der Waals surface area contributed by atoms with E-state index in [4.69, 9.17) is 26.7 Å². The smallest absolute Gasteiger partial charge is 0.300 e. The highest BCUT2D eigenvalue weighted by molar-refractivity contribution is 9.10. The molecule has 0 aromatic heterocycles. The van der Waals surface area contributed by atoms with E-state index in [9.17, 15) is 18.0 Å². The molecule has 2 aliphatic heterocycles. The van der Waals surface area contributed by atoms with Crippen LogP contribution in [0.5, 0.6) is 0 Å². The molecule has 35 heavy (non-hydrogen) atoms. The lowest BCUT2D eigenvalue weighted by Crippen LogP contribution is -2.33. The van der Waals surface area contributed by atoms with Gasteiger partial charge in [-0.3, -0.25) is 23.8 Å². The van der Waals surface area contributed by atoms with Crippen molar-refractivity contribution in [2.75, 3.05) is 17.2 Å². The average molecular weight is 600 g/mol. The number of nitrogens with zero attached hydrogens (tertiary/aromatic N) is 2.